The molecule has 152 valence electrons. The minimum absolute atomic E-state index is 0.0694. The van der Waals surface area contributed by atoms with E-state index in [1.165, 1.54) is 24.8 Å². The fourth-order valence-electron chi connectivity index (χ4n) is 3.93. The normalized spacial score (nSPS) is 17.9. The van der Waals surface area contributed by atoms with Crippen molar-refractivity contribution >= 4 is 5.96 Å². The number of rotatable bonds is 8. The first kappa shape index (κ1) is 21.4. The van der Waals surface area contributed by atoms with Gasteiger partial charge in [-0.15, -0.1) is 0 Å². The monoisotopic (exact) mass is 377 g/mol. The van der Waals surface area contributed by atoms with Crippen molar-refractivity contribution in [1.82, 2.24) is 10.6 Å². The van der Waals surface area contributed by atoms with Crippen LogP contribution in [0.25, 0.3) is 0 Å². The average Bonchev–Trinajstić information content (AvgIpc) is 2.71. The molecule has 0 aromatic heterocycles. The number of hydrogen-bond acceptors (Lipinski definition) is 4. The lowest BCUT2D eigenvalue weighted by atomic mass is 9.69. The maximum absolute atomic E-state index is 5.54. The molecule has 0 spiro atoms. The zero-order valence-corrected chi connectivity index (χ0v) is 17.4. The van der Waals surface area contributed by atoms with Crippen molar-refractivity contribution in [3.05, 3.63) is 23.8 Å². The maximum Gasteiger partial charge on any atom is 0.191 e. The summed E-state index contributed by atoms with van der Waals surface area (Å²) in [6.07, 6.45) is 6.08. The van der Waals surface area contributed by atoms with E-state index >= 15 is 0 Å². The number of nitrogens with one attached hydrogen (secondary N) is 2. The van der Waals surface area contributed by atoms with E-state index in [-0.39, 0.29) is 11.5 Å². The predicted octanol–water partition coefficient (Wildman–Crippen LogP) is 3.11. The fraction of sp³-hybridized carbons (Fsp3) is 0.667. The Morgan fingerprint density at radius 2 is 1.81 bits per heavy atom. The molecule has 1 unspecified atom stereocenters. The summed E-state index contributed by atoms with van der Waals surface area (Å²) in [5, 5.41) is 6.93. The molecule has 1 aliphatic carbocycles. The molecule has 6 heteroatoms. The van der Waals surface area contributed by atoms with E-state index in [9.17, 15) is 0 Å². The van der Waals surface area contributed by atoms with Crippen LogP contribution < -0.4 is 20.1 Å². The molecule has 1 fully saturated rings. The van der Waals surface area contributed by atoms with Crippen LogP contribution in [-0.4, -0.2) is 53.5 Å². The second-order valence-corrected chi connectivity index (χ2v) is 7.34. The molecule has 0 aliphatic heterocycles. The molecule has 1 saturated carbocycles. The van der Waals surface area contributed by atoms with Crippen molar-refractivity contribution in [2.45, 2.75) is 50.5 Å². The summed E-state index contributed by atoms with van der Waals surface area (Å²) in [5.74, 6) is 2.37. The number of benzene rings is 1. The third-order valence-electron chi connectivity index (χ3n) is 5.42. The van der Waals surface area contributed by atoms with E-state index in [1.54, 1.807) is 28.4 Å². The third-order valence-corrected chi connectivity index (χ3v) is 5.42. The minimum Gasteiger partial charge on any atom is -0.493 e. The lowest BCUT2D eigenvalue weighted by Crippen LogP contribution is -2.49. The van der Waals surface area contributed by atoms with Gasteiger partial charge in [0.15, 0.2) is 17.5 Å². The van der Waals surface area contributed by atoms with Gasteiger partial charge in [-0.2, -0.15) is 0 Å². The molecule has 0 amide bonds. The van der Waals surface area contributed by atoms with Crippen molar-refractivity contribution in [3.63, 3.8) is 0 Å². The van der Waals surface area contributed by atoms with Crippen LogP contribution in [0.2, 0.25) is 0 Å². The number of hydrogen-bond donors (Lipinski definition) is 2. The molecule has 27 heavy (non-hydrogen) atoms. The van der Waals surface area contributed by atoms with E-state index < -0.39 is 0 Å². The van der Waals surface area contributed by atoms with Gasteiger partial charge in [-0.25, -0.2) is 0 Å². The van der Waals surface area contributed by atoms with Crippen molar-refractivity contribution in [2.24, 2.45) is 4.99 Å². The number of ether oxygens (including phenoxy) is 3. The van der Waals surface area contributed by atoms with Crippen molar-refractivity contribution < 1.29 is 14.2 Å². The molecule has 2 N–H and O–H groups in total. The number of aliphatic imine (C=N–C) groups is 1. The summed E-state index contributed by atoms with van der Waals surface area (Å²) >= 11 is 0. The second-order valence-electron chi connectivity index (χ2n) is 7.34. The van der Waals surface area contributed by atoms with E-state index in [4.69, 9.17) is 14.2 Å². The van der Waals surface area contributed by atoms with Gasteiger partial charge in [-0.3, -0.25) is 4.99 Å². The van der Waals surface area contributed by atoms with Gasteiger partial charge in [0.05, 0.1) is 20.8 Å². The van der Waals surface area contributed by atoms with Gasteiger partial charge < -0.3 is 24.8 Å². The van der Waals surface area contributed by atoms with Crippen LogP contribution in [0.15, 0.2) is 23.2 Å². The molecule has 1 aromatic rings. The van der Waals surface area contributed by atoms with Crippen molar-refractivity contribution in [1.29, 1.82) is 0 Å². The Balaban J connectivity index is 2.19. The van der Waals surface area contributed by atoms with Gasteiger partial charge in [0, 0.05) is 32.2 Å². The zero-order chi connectivity index (χ0) is 19.7. The quantitative estimate of drug-likeness (QED) is 0.538. The summed E-state index contributed by atoms with van der Waals surface area (Å²) < 4.78 is 16.2. The van der Waals surface area contributed by atoms with Crippen LogP contribution in [0.5, 0.6) is 11.5 Å². The van der Waals surface area contributed by atoms with Crippen LogP contribution in [0, 0.1) is 0 Å². The minimum atomic E-state index is 0.0694. The van der Waals surface area contributed by atoms with Crippen molar-refractivity contribution in [2.75, 3.05) is 41.5 Å². The Labute approximate surface area is 163 Å². The first-order valence-electron chi connectivity index (χ1n) is 9.77. The summed E-state index contributed by atoms with van der Waals surface area (Å²) in [5.41, 5.74) is 1.37. The molecule has 0 radical (unpaired) electrons. The van der Waals surface area contributed by atoms with Crippen LogP contribution in [0.4, 0.5) is 0 Å². The van der Waals surface area contributed by atoms with Gasteiger partial charge >= 0.3 is 0 Å². The van der Waals surface area contributed by atoms with Crippen LogP contribution in [0.1, 0.15) is 44.6 Å². The third kappa shape index (κ3) is 5.51. The summed E-state index contributed by atoms with van der Waals surface area (Å²) in [6, 6.07) is 6.52. The van der Waals surface area contributed by atoms with E-state index in [1.807, 2.05) is 6.07 Å². The number of methoxy groups -OCH3 is 3. The number of guanidine groups is 1. The lowest BCUT2D eigenvalue weighted by molar-refractivity contribution is 0.178. The van der Waals surface area contributed by atoms with E-state index in [0.717, 1.165) is 36.8 Å². The molecule has 0 heterocycles. The molecular weight excluding hydrogens is 342 g/mol. The molecule has 0 saturated heterocycles. The Hall–Kier alpha value is -1.95. The molecule has 2 rings (SSSR count). The Morgan fingerprint density at radius 3 is 2.41 bits per heavy atom. The molecular formula is C21H35N3O3. The highest BCUT2D eigenvalue weighted by molar-refractivity contribution is 5.80. The smallest absolute Gasteiger partial charge is 0.191 e. The molecule has 1 atom stereocenters. The number of nitrogens with zero attached hydrogens (tertiary/aromatic N) is 1. The molecule has 0 bridgehead atoms. The van der Waals surface area contributed by atoms with Gasteiger partial charge in [0.2, 0.25) is 0 Å². The highest BCUT2D eigenvalue weighted by Gasteiger charge is 2.34. The van der Waals surface area contributed by atoms with Crippen molar-refractivity contribution in [3.8, 4) is 11.5 Å². The van der Waals surface area contributed by atoms with Crippen LogP contribution in [0.3, 0.4) is 0 Å². The predicted molar refractivity (Wildman–Crippen MR) is 110 cm³/mol. The maximum atomic E-state index is 5.54. The molecule has 6 nitrogen and oxygen atoms in total. The Bertz CT molecular complexity index is 613. The summed E-state index contributed by atoms with van der Waals surface area (Å²) in [6.45, 7) is 3.56. The molecule has 1 aliphatic rings. The summed E-state index contributed by atoms with van der Waals surface area (Å²) in [7, 11) is 6.88. The SMILES string of the molecule is CN=C(NCC1(c2ccc(OC)c(OC)c2)CCCCC1)NC(C)COC. The second kappa shape index (κ2) is 10.4. The van der Waals surface area contributed by atoms with E-state index in [2.05, 4.69) is 34.7 Å². The topological polar surface area (TPSA) is 64.1 Å². The first-order valence-corrected chi connectivity index (χ1v) is 9.77. The average molecular weight is 378 g/mol. The highest BCUT2D eigenvalue weighted by Crippen LogP contribution is 2.42. The molecule has 1 aromatic carbocycles. The summed E-state index contributed by atoms with van der Waals surface area (Å²) in [4.78, 5) is 4.37. The van der Waals surface area contributed by atoms with Gasteiger partial charge in [-0.05, 0) is 37.5 Å². The first-order chi connectivity index (χ1) is 13.1. The standard InChI is InChI=1S/C21H35N3O3/c1-16(14-25-3)24-20(22-2)23-15-21(11-7-6-8-12-21)17-9-10-18(26-4)19(13-17)27-5/h9-10,13,16H,6-8,11-12,14-15H2,1-5H3,(H2,22,23,24). The van der Waals surface area contributed by atoms with Gasteiger partial charge in [0.1, 0.15) is 0 Å². The Morgan fingerprint density at radius 1 is 1.11 bits per heavy atom. The highest BCUT2D eigenvalue weighted by atomic mass is 16.5. The lowest BCUT2D eigenvalue weighted by Gasteiger charge is -2.39. The van der Waals surface area contributed by atoms with Crippen LogP contribution in [-0.2, 0) is 10.2 Å². The van der Waals surface area contributed by atoms with Gasteiger partial charge in [-0.1, -0.05) is 25.3 Å². The largest absolute Gasteiger partial charge is 0.493 e. The van der Waals surface area contributed by atoms with Gasteiger partial charge in [0.25, 0.3) is 0 Å². The Kier molecular flexibility index (Phi) is 8.23. The van der Waals surface area contributed by atoms with E-state index in [0.29, 0.717) is 6.61 Å². The fourth-order valence-corrected chi connectivity index (χ4v) is 3.93. The zero-order valence-electron chi connectivity index (χ0n) is 17.4. The van der Waals surface area contributed by atoms with Crippen LogP contribution >= 0.6 is 0 Å².